The molecule has 2 heterocycles. The van der Waals surface area contributed by atoms with Crippen molar-refractivity contribution in [2.24, 2.45) is 0 Å². The third kappa shape index (κ3) is 7.72. The fraction of sp³-hybridized carbons (Fsp3) is 0.236. The first kappa shape index (κ1) is 35.9. The molecule has 0 aliphatic heterocycles. The highest BCUT2D eigenvalue weighted by molar-refractivity contribution is 5.97. The number of benzene rings is 6. The summed E-state index contributed by atoms with van der Waals surface area (Å²) in [4.78, 5) is 10.4. The Hall–Kier alpha value is -6.26. The number of hydrogen-bond donors (Lipinski definition) is 1. The molecule has 2 aromatic heterocycles. The van der Waals surface area contributed by atoms with E-state index < -0.39 is 6.85 Å². The molecule has 0 saturated heterocycles. The van der Waals surface area contributed by atoms with Crippen LogP contribution >= 0.6 is 0 Å². The molecule has 0 spiro atoms. The van der Waals surface area contributed by atoms with Gasteiger partial charge in [0.15, 0.2) is 0 Å². The van der Waals surface area contributed by atoms with Gasteiger partial charge < -0.3 is 5.11 Å². The highest BCUT2D eigenvalue weighted by atomic mass is 16.3. The number of fused-ring (bicyclic) bond motifs is 1. The second-order valence-electron chi connectivity index (χ2n) is 18.8. The lowest BCUT2D eigenvalue weighted by Crippen LogP contribution is -2.17. The second kappa shape index (κ2) is 14.8. The molecule has 59 heavy (non-hydrogen) atoms. The Morgan fingerprint density at radius 3 is 1.85 bits per heavy atom. The number of imidazole rings is 1. The van der Waals surface area contributed by atoms with Crippen LogP contribution in [0.1, 0.15) is 88.7 Å². The highest BCUT2D eigenvalue weighted by Crippen LogP contribution is 2.45. The average molecular weight is 777 g/mol. The Morgan fingerprint density at radius 2 is 1.19 bits per heavy atom. The third-order valence-corrected chi connectivity index (χ3v) is 11.3. The Labute approximate surface area is 354 Å². The van der Waals surface area contributed by atoms with E-state index in [0.717, 1.165) is 66.8 Å². The maximum Gasteiger partial charge on any atom is 0.149 e. The largest absolute Gasteiger partial charge is 0.507 e. The van der Waals surface area contributed by atoms with Crippen molar-refractivity contribution in [3.63, 3.8) is 0 Å². The molecule has 0 atom stereocenters. The summed E-state index contributed by atoms with van der Waals surface area (Å²) < 4.78 is 28.2. The van der Waals surface area contributed by atoms with Crippen LogP contribution in [0.3, 0.4) is 0 Å². The van der Waals surface area contributed by atoms with Crippen LogP contribution in [0.25, 0.3) is 72.7 Å². The van der Waals surface area contributed by atoms with Gasteiger partial charge >= 0.3 is 0 Å². The van der Waals surface area contributed by atoms with E-state index in [9.17, 15) is 5.11 Å². The van der Waals surface area contributed by atoms with Crippen molar-refractivity contribution in [1.29, 1.82) is 0 Å². The number of aryl methyl sites for hydroxylation is 1. The Balaban J connectivity index is 1.44. The minimum Gasteiger partial charge on any atom is -0.507 e. The number of para-hydroxylation sites is 1. The van der Waals surface area contributed by atoms with Crippen LogP contribution in [0, 0.1) is 6.85 Å². The zero-order valence-electron chi connectivity index (χ0n) is 38.6. The molecule has 0 radical (unpaired) electrons. The van der Waals surface area contributed by atoms with E-state index in [4.69, 9.17) is 14.1 Å². The normalized spacial score (nSPS) is 13.3. The van der Waals surface area contributed by atoms with Gasteiger partial charge in [-0.25, -0.2) is 4.98 Å². The Kier molecular flexibility index (Phi) is 9.02. The summed E-state index contributed by atoms with van der Waals surface area (Å²) in [7, 11) is 0. The minimum atomic E-state index is -2.41. The molecule has 1 N–H and O–H groups in total. The second-order valence-corrected chi connectivity index (χ2v) is 18.8. The molecule has 0 saturated carbocycles. The molecule has 0 unspecified atom stereocenters. The molecule has 0 fully saturated rings. The lowest BCUT2D eigenvalue weighted by molar-refractivity contribution is 0.446. The number of pyridine rings is 1. The first-order valence-corrected chi connectivity index (χ1v) is 20.5. The predicted molar refractivity (Wildman–Crippen MR) is 249 cm³/mol. The highest BCUT2D eigenvalue weighted by Gasteiger charge is 2.29. The van der Waals surface area contributed by atoms with Gasteiger partial charge in [0.25, 0.3) is 0 Å². The summed E-state index contributed by atoms with van der Waals surface area (Å²) in [6.07, 6.45) is 1.87. The average Bonchev–Trinajstić information content (AvgIpc) is 3.62. The minimum absolute atomic E-state index is 0.155. The summed E-state index contributed by atoms with van der Waals surface area (Å²) in [6, 6.07) is 46.8. The van der Waals surface area contributed by atoms with Crippen molar-refractivity contribution < 1.29 is 9.22 Å². The molecule has 4 heteroatoms. The van der Waals surface area contributed by atoms with E-state index in [1.165, 1.54) is 0 Å². The van der Waals surface area contributed by atoms with E-state index in [1.54, 1.807) is 6.07 Å². The third-order valence-electron chi connectivity index (χ3n) is 11.3. The standard InChI is InChI=1S/C55H55N3O/c1-35-28-43(24-25-44(35)37-20-15-12-16-21-37)58-49-23-17-22-45(50(49)57-52(58)46-33-42(54(5,6)7)34-47(51(46)59)55(8,9)10)39-29-40(31-41(30-39)53(2,3)4)48-32-38(26-27-56-48)36-18-13-11-14-19-36/h11-34,59H,1-10H3/i1D3. The summed E-state index contributed by atoms with van der Waals surface area (Å²) in [5.74, 6) is 0.678. The van der Waals surface area contributed by atoms with Crippen molar-refractivity contribution >= 4 is 11.0 Å². The van der Waals surface area contributed by atoms with Crippen LogP contribution in [0.15, 0.2) is 146 Å². The van der Waals surface area contributed by atoms with Crippen LogP contribution in [0.5, 0.6) is 5.75 Å². The Bertz CT molecular complexity index is 2940. The number of hydrogen-bond acceptors (Lipinski definition) is 3. The van der Waals surface area contributed by atoms with Gasteiger partial charge in [-0.2, -0.15) is 0 Å². The molecule has 0 bridgehead atoms. The van der Waals surface area contributed by atoms with Gasteiger partial charge in [-0.15, -0.1) is 0 Å². The van der Waals surface area contributed by atoms with Gasteiger partial charge in [0.05, 0.1) is 22.3 Å². The molecule has 0 amide bonds. The molecular formula is C55H55N3O. The number of phenolic OH excluding ortho intramolecular Hbond substituents is 1. The van der Waals surface area contributed by atoms with E-state index in [2.05, 4.69) is 117 Å². The van der Waals surface area contributed by atoms with E-state index in [0.29, 0.717) is 22.6 Å². The van der Waals surface area contributed by atoms with Crippen LogP contribution < -0.4 is 0 Å². The van der Waals surface area contributed by atoms with Gasteiger partial charge in [-0.1, -0.05) is 153 Å². The quantitative estimate of drug-likeness (QED) is 0.183. The fourth-order valence-electron chi connectivity index (χ4n) is 7.89. The molecule has 8 rings (SSSR count). The van der Waals surface area contributed by atoms with Crippen LogP contribution in [-0.4, -0.2) is 19.6 Å². The maximum atomic E-state index is 12.4. The number of rotatable bonds is 6. The van der Waals surface area contributed by atoms with Gasteiger partial charge in [-0.3, -0.25) is 9.55 Å². The van der Waals surface area contributed by atoms with Crippen LogP contribution in [-0.2, 0) is 16.2 Å². The van der Waals surface area contributed by atoms with Gasteiger partial charge in [0, 0.05) is 32.7 Å². The molecule has 0 aliphatic carbocycles. The van der Waals surface area contributed by atoms with Gasteiger partial charge in [0.2, 0.25) is 0 Å². The molecule has 0 aliphatic rings. The van der Waals surface area contributed by atoms with Crippen molar-refractivity contribution in [1.82, 2.24) is 14.5 Å². The molecule has 8 aromatic rings. The van der Waals surface area contributed by atoms with Crippen LogP contribution in [0.4, 0.5) is 0 Å². The summed E-state index contributed by atoms with van der Waals surface area (Å²) in [6.45, 7) is 17.1. The monoisotopic (exact) mass is 776 g/mol. The fourth-order valence-corrected chi connectivity index (χ4v) is 7.89. The maximum absolute atomic E-state index is 12.4. The topological polar surface area (TPSA) is 50.9 Å². The molecule has 4 nitrogen and oxygen atoms in total. The Morgan fingerprint density at radius 1 is 0.525 bits per heavy atom. The number of nitrogens with zero attached hydrogens (tertiary/aromatic N) is 3. The summed E-state index contributed by atoms with van der Waals surface area (Å²) in [5, 5.41) is 12.4. The van der Waals surface area contributed by atoms with Crippen LogP contribution in [0.2, 0.25) is 0 Å². The zero-order valence-corrected chi connectivity index (χ0v) is 35.6. The predicted octanol–water partition coefficient (Wildman–Crippen LogP) is 14.7. The molecule has 296 valence electrons. The SMILES string of the molecule is [2H]C([2H])([2H])c1cc(-n2c(-c3cc(C(C)(C)C)cc(C(C)(C)C)c3O)nc3c(-c4cc(-c5cc(-c6ccccc6)ccn5)cc(C(C)(C)C)c4)cccc32)ccc1-c1ccccc1. The van der Waals surface area contributed by atoms with Crippen molar-refractivity contribution in [3.8, 4) is 67.5 Å². The van der Waals surface area contributed by atoms with Crippen molar-refractivity contribution in [2.45, 2.75) is 85.4 Å². The van der Waals surface area contributed by atoms with Gasteiger partial charge in [0.1, 0.15) is 11.6 Å². The zero-order chi connectivity index (χ0) is 44.4. The summed E-state index contributed by atoms with van der Waals surface area (Å²) >= 11 is 0. The lowest BCUT2D eigenvalue weighted by Gasteiger charge is -2.27. The number of aromatic nitrogens is 3. The van der Waals surface area contributed by atoms with Gasteiger partial charge in [-0.05, 0) is 116 Å². The van der Waals surface area contributed by atoms with E-state index in [1.807, 2.05) is 89.6 Å². The van der Waals surface area contributed by atoms with E-state index >= 15 is 0 Å². The lowest BCUT2D eigenvalue weighted by atomic mass is 9.79. The van der Waals surface area contributed by atoms with Crippen molar-refractivity contribution in [3.05, 3.63) is 168 Å². The van der Waals surface area contributed by atoms with E-state index in [-0.39, 0.29) is 27.6 Å². The molecule has 6 aromatic carbocycles. The summed E-state index contributed by atoms with van der Waals surface area (Å²) in [5.41, 5.74) is 12.6. The number of aromatic hydroxyl groups is 1. The van der Waals surface area contributed by atoms with Crippen molar-refractivity contribution in [2.75, 3.05) is 0 Å². The smallest absolute Gasteiger partial charge is 0.149 e. The molecular weight excluding hydrogens is 719 g/mol. The first-order valence-electron chi connectivity index (χ1n) is 22.0. The number of phenols is 1. The first-order chi connectivity index (χ1) is 29.2.